The highest BCUT2D eigenvalue weighted by Gasteiger charge is 2.23. The normalized spacial score (nSPS) is 13.0. The summed E-state index contributed by atoms with van der Waals surface area (Å²) in [5.41, 5.74) is 1.85. The Bertz CT molecular complexity index is 571. The van der Waals surface area contributed by atoms with Crippen LogP contribution in [0, 0.1) is 6.92 Å². The van der Waals surface area contributed by atoms with Crippen LogP contribution in [0.1, 0.15) is 36.9 Å². The van der Waals surface area contributed by atoms with Gasteiger partial charge in [-0.2, -0.15) is 0 Å². The van der Waals surface area contributed by atoms with Crippen molar-refractivity contribution in [3.05, 3.63) is 35.4 Å². The minimum atomic E-state index is -1.12. The maximum absolute atomic E-state index is 12.2. The van der Waals surface area contributed by atoms with Crippen LogP contribution in [0.15, 0.2) is 24.3 Å². The highest BCUT2D eigenvalue weighted by atomic mass is 16.5. The monoisotopic (exact) mass is 336 g/mol. The van der Waals surface area contributed by atoms with E-state index >= 15 is 0 Å². The van der Waals surface area contributed by atoms with Gasteiger partial charge in [-0.3, -0.25) is 9.59 Å². The summed E-state index contributed by atoms with van der Waals surface area (Å²) in [6.45, 7) is 3.54. The molecular weight excluding hydrogens is 312 g/mol. The lowest BCUT2D eigenvalue weighted by Crippen LogP contribution is -2.43. The molecule has 0 aliphatic rings. The average molecular weight is 336 g/mol. The molecule has 1 rings (SSSR count). The Balaban J connectivity index is 2.77. The van der Waals surface area contributed by atoms with Crippen molar-refractivity contribution in [2.24, 2.45) is 0 Å². The van der Waals surface area contributed by atoms with Gasteiger partial charge in [-0.05, 0) is 12.5 Å². The summed E-state index contributed by atoms with van der Waals surface area (Å²) in [5.74, 6) is -1.83. The van der Waals surface area contributed by atoms with Crippen molar-refractivity contribution < 1.29 is 24.2 Å². The molecule has 24 heavy (non-hydrogen) atoms. The molecule has 2 unspecified atom stereocenters. The second kappa shape index (κ2) is 9.67. The number of hydrogen-bond donors (Lipinski definition) is 3. The first-order valence-corrected chi connectivity index (χ1v) is 7.68. The molecule has 7 nitrogen and oxygen atoms in total. The van der Waals surface area contributed by atoms with E-state index < -0.39 is 24.0 Å². The van der Waals surface area contributed by atoms with Crippen molar-refractivity contribution in [2.45, 2.75) is 38.8 Å². The number of nitrogens with one attached hydrogen (secondary N) is 2. The van der Waals surface area contributed by atoms with Crippen LogP contribution in [-0.4, -0.2) is 42.6 Å². The van der Waals surface area contributed by atoms with E-state index in [2.05, 4.69) is 10.6 Å². The molecule has 0 aliphatic heterocycles. The lowest BCUT2D eigenvalue weighted by atomic mass is 10.0. The maximum Gasteiger partial charge on any atom is 0.326 e. The van der Waals surface area contributed by atoms with Gasteiger partial charge in [0.15, 0.2) is 0 Å². The number of carbonyl (C=O) groups is 3. The number of hydrogen-bond acceptors (Lipinski definition) is 4. The van der Waals surface area contributed by atoms with E-state index in [9.17, 15) is 14.4 Å². The maximum atomic E-state index is 12.2. The third-order valence-electron chi connectivity index (χ3n) is 3.49. The molecule has 0 aliphatic carbocycles. The van der Waals surface area contributed by atoms with E-state index in [0.29, 0.717) is 0 Å². The van der Waals surface area contributed by atoms with Crippen LogP contribution in [0.25, 0.3) is 0 Å². The minimum Gasteiger partial charge on any atom is -0.480 e. The van der Waals surface area contributed by atoms with Crippen molar-refractivity contribution >= 4 is 17.8 Å². The average Bonchev–Trinajstić information content (AvgIpc) is 2.50. The Morgan fingerprint density at radius 2 is 1.79 bits per heavy atom. The lowest BCUT2D eigenvalue weighted by Gasteiger charge is -2.20. The van der Waals surface area contributed by atoms with Gasteiger partial charge >= 0.3 is 5.97 Å². The fraction of sp³-hybridized carbons (Fsp3) is 0.471. The zero-order valence-corrected chi connectivity index (χ0v) is 14.2. The van der Waals surface area contributed by atoms with Crippen LogP contribution in [-0.2, 0) is 19.1 Å². The topological polar surface area (TPSA) is 105 Å². The highest BCUT2D eigenvalue weighted by Crippen LogP contribution is 2.17. The summed E-state index contributed by atoms with van der Waals surface area (Å²) in [6, 6.07) is 5.92. The van der Waals surface area contributed by atoms with E-state index in [1.165, 1.54) is 14.0 Å². The predicted octanol–water partition coefficient (Wildman–Crippen LogP) is 1.17. The number of carbonyl (C=O) groups excluding carboxylic acids is 2. The highest BCUT2D eigenvalue weighted by molar-refractivity contribution is 5.84. The molecule has 7 heteroatoms. The Labute approximate surface area is 141 Å². The van der Waals surface area contributed by atoms with Gasteiger partial charge in [0.05, 0.1) is 12.5 Å². The molecular formula is C17H24N2O5. The molecule has 0 spiro atoms. The van der Waals surface area contributed by atoms with E-state index in [1.807, 2.05) is 31.2 Å². The molecule has 0 saturated heterocycles. The Morgan fingerprint density at radius 1 is 1.17 bits per heavy atom. The predicted molar refractivity (Wildman–Crippen MR) is 88.4 cm³/mol. The molecule has 2 atom stereocenters. The van der Waals surface area contributed by atoms with Crippen molar-refractivity contribution in [3.8, 4) is 0 Å². The summed E-state index contributed by atoms with van der Waals surface area (Å²) in [5, 5.41) is 14.3. The third-order valence-corrected chi connectivity index (χ3v) is 3.49. The van der Waals surface area contributed by atoms with Crippen molar-refractivity contribution in [3.63, 3.8) is 0 Å². The van der Waals surface area contributed by atoms with E-state index in [-0.39, 0.29) is 25.4 Å². The second-order valence-electron chi connectivity index (χ2n) is 5.61. The largest absolute Gasteiger partial charge is 0.480 e. The molecule has 0 aromatic heterocycles. The van der Waals surface area contributed by atoms with Gasteiger partial charge in [-0.25, -0.2) is 4.79 Å². The van der Waals surface area contributed by atoms with Crippen LogP contribution < -0.4 is 10.6 Å². The van der Waals surface area contributed by atoms with Gasteiger partial charge in [-0.15, -0.1) is 0 Å². The van der Waals surface area contributed by atoms with Crippen LogP contribution in [0.3, 0.4) is 0 Å². The summed E-state index contributed by atoms with van der Waals surface area (Å²) >= 11 is 0. The number of ether oxygens (including phenoxy) is 1. The van der Waals surface area contributed by atoms with Crippen molar-refractivity contribution in [1.29, 1.82) is 0 Å². The van der Waals surface area contributed by atoms with Gasteiger partial charge < -0.3 is 20.5 Å². The fourth-order valence-electron chi connectivity index (χ4n) is 2.23. The smallest absolute Gasteiger partial charge is 0.326 e. The van der Waals surface area contributed by atoms with Crippen LogP contribution in [0.4, 0.5) is 0 Å². The standard InChI is InChI=1S/C17H24N2O5/c1-11-4-6-13(7-5-11)15(18-12(2)20)10-16(21)19-14(17(22)23)8-9-24-3/h4-7,14-15H,8-10H2,1-3H3,(H,18,20)(H,19,21)(H,22,23). The molecule has 2 amide bonds. The van der Waals surface area contributed by atoms with E-state index in [4.69, 9.17) is 9.84 Å². The third kappa shape index (κ3) is 6.78. The van der Waals surface area contributed by atoms with Gasteiger partial charge in [0.2, 0.25) is 11.8 Å². The zero-order chi connectivity index (χ0) is 18.1. The number of carboxylic acids is 1. The van der Waals surface area contributed by atoms with Crippen LogP contribution >= 0.6 is 0 Å². The first-order valence-electron chi connectivity index (χ1n) is 7.68. The summed E-state index contributed by atoms with van der Waals surface area (Å²) in [4.78, 5) is 34.8. The molecule has 132 valence electrons. The molecule has 0 radical (unpaired) electrons. The molecule has 3 N–H and O–H groups in total. The SMILES string of the molecule is COCCC(NC(=O)CC(NC(C)=O)c1ccc(C)cc1)C(=O)O. The molecule has 0 fully saturated rings. The first-order chi connectivity index (χ1) is 11.3. The number of aryl methyl sites for hydroxylation is 1. The Hall–Kier alpha value is -2.41. The number of benzene rings is 1. The molecule has 0 saturated carbocycles. The molecule has 0 heterocycles. The quantitative estimate of drug-likeness (QED) is 0.628. The fourth-order valence-corrected chi connectivity index (χ4v) is 2.23. The Morgan fingerprint density at radius 3 is 2.29 bits per heavy atom. The number of carboxylic acid groups (broad SMARTS) is 1. The number of methoxy groups -OCH3 is 1. The summed E-state index contributed by atoms with van der Waals surface area (Å²) < 4.78 is 4.85. The second-order valence-corrected chi connectivity index (χ2v) is 5.61. The molecule has 0 bridgehead atoms. The zero-order valence-electron chi connectivity index (χ0n) is 14.2. The lowest BCUT2D eigenvalue weighted by molar-refractivity contribution is -0.142. The number of aliphatic carboxylic acids is 1. The first kappa shape index (κ1) is 19.6. The Kier molecular flexibility index (Phi) is 7.91. The summed E-state index contributed by atoms with van der Waals surface area (Å²) in [7, 11) is 1.46. The van der Waals surface area contributed by atoms with Gasteiger partial charge in [0.25, 0.3) is 0 Å². The van der Waals surface area contributed by atoms with Gasteiger partial charge in [-0.1, -0.05) is 29.8 Å². The van der Waals surface area contributed by atoms with Crippen molar-refractivity contribution in [1.82, 2.24) is 10.6 Å². The number of amides is 2. The van der Waals surface area contributed by atoms with Gasteiger partial charge in [0.1, 0.15) is 6.04 Å². The van der Waals surface area contributed by atoms with E-state index in [0.717, 1.165) is 11.1 Å². The molecule has 1 aromatic rings. The van der Waals surface area contributed by atoms with Crippen molar-refractivity contribution in [2.75, 3.05) is 13.7 Å². The molecule has 1 aromatic carbocycles. The summed E-state index contributed by atoms with van der Waals surface area (Å²) in [6.07, 6.45) is 0.131. The number of rotatable bonds is 9. The van der Waals surface area contributed by atoms with Gasteiger partial charge in [0, 0.05) is 27.1 Å². The minimum absolute atomic E-state index is 0.0423. The van der Waals surface area contributed by atoms with Crippen LogP contribution in [0.2, 0.25) is 0 Å². The van der Waals surface area contributed by atoms with Crippen LogP contribution in [0.5, 0.6) is 0 Å². The van der Waals surface area contributed by atoms with E-state index in [1.54, 1.807) is 0 Å².